The Morgan fingerprint density at radius 3 is 2.38 bits per heavy atom. The topological polar surface area (TPSA) is 122 Å². The molecule has 0 fully saturated rings. The third kappa shape index (κ3) is 5.17. The molecule has 0 atom stereocenters. The first-order chi connectivity index (χ1) is 14.1. The van der Waals surface area contributed by atoms with E-state index >= 15 is 0 Å². The van der Waals surface area contributed by atoms with E-state index in [0.717, 1.165) is 5.75 Å². The van der Waals surface area contributed by atoms with Gasteiger partial charge in [0, 0.05) is 16.9 Å². The number of rotatable bonds is 7. The molecule has 0 aliphatic rings. The van der Waals surface area contributed by atoms with Crippen LogP contribution in [-0.4, -0.2) is 33.2 Å². The number of nitriles is 1. The van der Waals surface area contributed by atoms with Crippen LogP contribution in [0.4, 0.5) is 11.4 Å². The van der Waals surface area contributed by atoms with Gasteiger partial charge in [0.2, 0.25) is 11.7 Å². The molecule has 29 heavy (non-hydrogen) atoms. The largest absolute Gasteiger partial charge is 0.494 e. The zero-order chi connectivity index (χ0) is 20.6. The van der Waals surface area contributed by atoms with Crippen LogP contribution in [-0.2, 0) is 11.3 Å². The fourth-order valence-electron chi connectivity index (χ4n) is 2.52. The number of hydrogen-bond acceptors (Lipinski definition) is 6. The molecule has 2 N–H and O–H groups in total. The van der Waals surface area contributed by atoms with Crippen molar-refractivity contribution in [3.05, 3.63) is 66.2 Å². The summed E-state index contributed by atoms with van der Waals surface area (Å²) < 4.78 is 6.71. The van der Waals surface area contributed by atoms with Crippen LogP contribution < -0.4 is 15.4 Å². The molecule has 0 aliphatic heterocycles. The molecular weight excluding hydrogens is 372 g/mol. The molecule has 0 spiro atoms. The lowest BCUT2D eigenvalue weighted by Crippen LogP contribution is -2.19. The van der Waals surface area contributed by atoms with Crippen molar-refractivity contribution in [2.75, 3.05) is 17.2 Å². The fourth-order valence-corrected chi connectivity index (χ4v) is 2.52. The van der Waals surface area contributed by atoms with Crippen LogP contribution in [0.3, 0.4) is 0 Å². The van der Waals surface area contributed by atoms with Crippen LogP contribution in [0.1, 0.15) is 23.1 Å². The lowest BCUT2D eigenvalue weighted by atomic mass is 10.2. The summed E-state index contributed by atoms with van der Waals surface area (Å²) in [4.78, 5) is 24.5. The van der Waals surface area contributed by atoms with Gasteiger partial charge in [0.05, 0.1) is 6.61 Å². The summed E-state index contributed by atoms with van der Waals surface area (Å²) in [6.45, 7) is 2.39. The molecular formula is C20H18N6O3. The Bertz CT molecular complexity index is 1040. The number of nitrogens with one attached hydrogen (secondary N) is 2. The SMILES string of the molecule is CCOc1ccc(NC(=O)c2ccc(NC(=O)Cn3cnnc3C#N)cc2)cc1. The van der Waals surface area contributed by atoms with Gasteiger partial charge in [-0.25, -0.2) is 0 Å². The van der Waals surface area contributed by atoms with Gasteiger partial charge in [0.1, 0.15) is 24.7 Å². The maximum Gasteiger partial charge on any atom is 0.255 e. The first-order valence-corrected chi connectivity index (χ1v) is 8.81. The number of anilines is 2. The van der Waals surface area contributed by atoms with Crippen LogP contribution >= 0.6 is 0 Å². The zero-order valence-electron chi connectivity index (χ0n) is 15.6. The predicted molar refractivity (Wildman–Crippen MR) is 105 cm³/mol. The van der Waals surface area contributed by atoms with Gasteiger partial charge in [-0.1, -0.05) is 0 Å². The van der Waals surface area contributed by atoms with E-state index in [1.165, 1.54) is 10.9 Å². The van der Waals surface area contributed by atoms with Crippen LogP contribution in [0.2, 0.25) is 0 Å². The highest BCUT2D eigenvalue weighted by molar-refractivity contribution is 6.04. The summed E-state index contributed by atoms with van der Waals surface area (Å²) in [6.07, 6.45) is 1.31. The van der Waals surface area contributed by atoms with Crippen molar-refractivity contribution >= 4 is 23.2 Å². The third-order valence-electron chi connectivity index (χ3n) is 3.88. The molecule has 0 saturated carbocycles. The number of carbonyl (C=O) groups excluding carboxylic acids is 2. The van der Waals surface area contributed by atoms with E-state index in [4.69, 9.17) is 10.00 Å². The summed E-state index contributed by atoms with van der Waals surface area (Å²) in [5.41, 5.74) is 1.62. The molecule has 0 radical (unpaired) electrons. The van der Waals surface area contributed by atoms with Crippen molar-refractivity contribution < 1.29 is 14.3 Å². The zero-order valence-corrected chi connectivity index (χ0v) is 15.6. The minimum absolute atomic E-state index is 0.0569. The second kappa shape index (κ2) is 9.14. The highest BCUT2D eigenvalue weighted by Crippen LogP contribution is 2.17. The van der Waals surface area contributed by atoms with Crippen molar-refractivity contribution in [3.8, 4) is 11.8 Å². The maximum atomic E-state index is 12.4. The van der Waals surface area contributed by atoms with Crippen LogP contribution in [0.15, 0.2) is 54.9 Å². The number of benzene rings is 2. The molecule has 3 aromatic rings. The van der Waals surface area contributed by atoms with E-state index in [1.54, 1.807) is 48.5 Å². The highest BCUT2D eigenvalue weighted by Gasteiger charge is 2.10. The molecule has 2 amide bonds. The van der Waals surface area contributed by atoms with Crippen LogP contribution in [0.25, 0.3) is 0 Å². The Hall–Kier alpha value is -4.19. The minimum atomic E-state index is -0.340. The van der Waals surface area contributed by atoms with Crippen molar-refractivity contribution in [2.45, 2.75) is 13.5 Å². The molecule has 2 aromatic carbocycles. The smallest absolute Gasteiger partial charge is 0.255 e. The molecule has 0 saturated heterocycles. The second-order valence-corrected chi connectivity index (χ2v) is 5.93. The standard InChI is InChI=1S/C20H18N6O3/c1-2-29-17-9-7-16(8-10-17)24-20(28)14-3-5-15(6-4-14)23-19(27)12-26-13-22-25-18(26)11-21/h3-10,13H,2,12H2,1H3,(H,23,27)(H,24,28). The molecule has 1 aromatic heterocycles. The number of aromatic nitrogens is 3. The maximum absolute atomic E-state index is 12.4. The summed E-state index contributed by atoms with van der Waals surface area (Å²) in [5.74, 6) is 0.184. The van der Waals surface area contributed by atoms with Crippen molar-refractivity contribution in [1.29, 1.82) is 5.26 Å². The summed E-state index contributed by atoms with van der Waals surface area (Å²) in [5, 5.41) is 21.6. The molecule has 146 valence electrons. The number of hydrogen-bond donors (Lipinski definition) is 2. The van der Waals surface area contributed by atoms with Gasteiger partial charge < -0.3 is 15.4 Å². The van der Waals surface area contributed by atoms with Crippen LogP contribution in [0, 0.1) is 11.3 Å². The van der Waals surface area contributed by atoms with E-state index < -0.39 is 0 Å². The van der Waals surface area contributed by atoms with E-state index in [2.05, 4.69) is 20.8 Å². The Morgan fingerprint density at radius 2 is 1.72 bits per heavy atom. The lowest BCUT2D eigenvalue weighted by Gasteiger charge is -2.09. The van der Waals surface area contributed by atoms with Gasteiger partial charge in [0.25, 0.3) is 5.91 Å². The molecule has 9 nitrogen and oxygen atoms in total. The van der Waals surface area contributed by atoms with Gasteiger partial charge >= 0.3 is 0 Å². The molecule has 0 bridgehead atoms. The molecule has 1 heterocycles. The van der Waals surface area contributed by atoms with E-state index in [0.29, 0.717) is 23.5 Å². The summed E-state index contributed by atoms with van der Waals surface area (Å²) in [6, 6.07) is 15.4. The second-order valence-electron chi connectivity index (χ2n) is 5.93. The first-order valence-electron chi connectivity index (χ1n) is 8.81. The predicted octanol–water partition coefficient (Wildman–Crippen LogP) is 2.44. The van der Waals surface area contributed by atoms with E-state index in [9.17, 15) is 9.59 Å². The first kappa shape index (κ1) is 19.6. The lowest BCUT2D eigenvalue weighted by molar-refractivity contribution is -0.116. The van der Waals surface area contributed by atoms with Gasteiger partial charge in [-0.3, -0.25) is 14.2 Å². The Labute approximate surface area is 166 Å². The minimum Gasteiger partial charge on any atom is -0.494 e. The molecule has 0 unspecified atom stereocenters. The van der Waals surface area contributed by atoms with Gasteiger partial charge in [-0.2, -0.15) is 5.26 Å². The number of ether oxygens (including phenoxy) is 1. The quantitative estimate of drug-likeness (QED) is 0.639. The monoisotopic (exact) mass is 390 g/mol. The number of nitrogens with zero attached hydrogens (tertiary/aromatic N) is 4. The average Bonchev–Trinajstić information content (AvgIpc) is 3.17. The van der Waals surface area contributed by atoms with Crippen molar-refractivity contribution in [2.24, 2.45) is 0 Å². The third-order valence-corrected chi connectivity index (χ3v) is 3.88. The Balaban J connectivity index is 1.57. The Kier molecular flexibility index (Phi) is 6.17. The highest BCUT2D eigenvalue weighted by atomic mass is 16.5. The van der Waals surface area contributed by atoms with Gasteiger partial charge in [-0.15, -0.1) is 10.2 Å². The Morgan fingerprint density at radius 1 is 1.07 bits per heavy atom. The molecule has 3 rings (SSSR count). The molecule has 0 aliphatic carbocycles. The number of amides is 2. The van der Waals surface area contributed by atoms with Gasteiger partial charge in [-0.05, 0) is 55.5 Å². The summed E-state index contributed by atoms with van der Waals surface area (Å²) >= 11 is 0. The molecule has 9 heteroatoms. The fraction of sp³-hybridized carbons (Fsp3) is 0.150. The van der Waals surface area contributed by atoms with Crippen molar-refractivity contribution in [3.63, 3.8) is 0 Å². The average molecular weight is 390 g/mol. The van der Waals surface area contributed by atoms with Crippen molar-refractivity contribution in [1.82, 2.24) is 14.8 Å². The van der Waals surface area contributed by atoms with Crippen LogP contribution in [0.5, 0.6) is 5.75 Å². The normalized spacial score (nSPS) is 10.1. The van der Waals surface area contributed by atoms with E-state index in [1.807, 2.05) is 13.0 Å². The van der Waals surface area contributed by atoms with Gasteiger partial charge in [0.15, 0.2) is 0 Å². The number of carbonyl (C=O) groups is 2. The summed E-state index contributed by atoms with van der Waals surface area (Å²) in [7, 11) is 0. The van der Waals surface area contributed by atoms with E-state index in [-0.39, 0.29) is 24.2 Å².